The molecule has 4 heterocycles. The Bertz CT molecular complexity index is 1320. The van der Waals surface area contributed by atoms with Gasteiger partial charge in [0, 0.05) is 46.4 Å². The maximum absolute atomic E-state index is 12.6. The Labute approximate surface area is 229 Å². The number of oxime groups is 1. The Morgan fingerprint density at radius 2 is 1.89 bits per heavy atom. The summed E-state index contributed by atoms with van der Waals surface area (Å²) < 4.78 is 43.0. The minimum absolute atomic E-state index is 0.144. The van der Waals surface area contributed by atoms with Crippen LogP contribution in [0.15, 0.2) is 41.1 Å². The molecule has 0 saturated carbocycles. The van der Waals surface area contributed by atoms with Gasteiger partial charge in [0.1, 0.15) is 5.71 Å². The molecular weight excluding hydrogens is 566 g/mol. The minimum atomic E-state index is -4.59. The number of piperidine rings is 1. The van der Waals surface area contributed by atoms with Gasteiger partial charge in [-0.05, 0) is 25.0 Å². The van der Waals surface area contributed by atoms with E-state index in [1.165, 1.54) is 0 Å². The topological polar surface area (TPSA) is 89.8 Å². The molecule has 14 heteroatoms. The van der Waals surface area contributed by atoms with Gasteiger partial charge in [0.25, 0.3) is 5.91 Å². The zero-order valence-corrected chi connectivity index (χ0v) is 21.9. The van der Waals surface area contributed by atoms with E-state index in [1.807, 2.05) is 5.38 Å². The van der Waals surface area contributed by atoms with E-state index in [-0.39, 0.29) is 30.4 Å². The number of likely N-dealkylation sites (tertiary alicyclic amines) is 1. The van der Waals surface area contributed by atoms with Gasteiger partial charge in [0.2, 0.25) is 5.88 Å². The fourth-order valence-corrected chi connectivity index (χ4v) is 5.89. The summed E-state index contributed by atoms with van der Waals surface area (Å²) in [6.45, 7) is 0.692. The highest BCUT2D eigenvalue weighted by atomic mass is 35.5. The first-order chi connectivity index (χ1) is 18.2. The van der Waals surface area contributed by atoms with Gasteiger partial charge in [-0.3, -0.25) is 4.79 Å². The fourth-order valence-electron chi connectivity index (χ4n) is 4.25. The maximum atomic E-state index is 12.6. The molecule has 0 radical (unpaired) electrons. The number of benzene rings is 1. The standard InChI is InChI=1S/C24H20Cl2F3N5O3S/c25-14-2-1-3-15(26)22(14)18-8-16(33-37-18)17-12-38-23(32-17)13-4-6-34(7-5-13)21(35)11-36-20-10-30-19(9-31-20)24(27,28)29/h1-3,9-10,12-13,18H,4-8,11H2. The zero-order valence-electron chi connectivity index (χ0n) is 19.6. The first-order valence-corrected chi connectivity index (χ1v) is 13.2. The zero-order chi connectivity index (χ0) is 26.9. The number of rotatable bonds is 6. The smallest absolute Gasteiger partial charge is 0.434 e. The average molecular weight is 586 g/mol. The number of amides is 1. The van der Waals surface area contributed by atoms with Crippen LogP contribution in [0.3, 0.4) is 0 Å². The molecule has 200 valence electrons. The van der Waals surface area contributed by atoms with E-state index >= 15 is 0 Å². The molecule has 1 aromatic carbocycles. The van der Waals surface area contributed by atoms with Crippen LogP contribution in [0.2, 0.25) is 10.0 Å². The van der Waals surface area contributed by atoms with Crippen molar-refractivity contribution >= 4 is 46.2 Å². The highest BCUT2D eigenvalue weighted by molar-refractivity contribution is 7.10. The molecule has 1 saturated heterocycles. The summed E-state index contributed by atoms with van der Waals surface area (Å²) >= 11 is 14.2. The lowest BCUT2D eigenvalue weighted by Gasteiger charge is -2.31. The Morgan fingerprint density at radius 3 is 2.55 bits per heavy atom. The lowest BCUT2D eigenvalue weighted by molar-refractivity contribution is -0.141. The van der Waals surface area contributed by atoms with Crippen LogP contribution in [0.5, 0.6) is 5.88 Å². The van der Waals surface area contributed by atoms with E-state index in [0.29, 0.717) is 41.3 Å². The number of nitrogens with zero attached hydrogens (tertiary/aromatic N) is 5. The Balaban J connectivity index is 1.11. The number of halogens is 5. The van der Waals surface area contributed by atoms with Gasteiger partial charge in [-0.25, -0.2) is 15.0 Å². The SMILES string of the molecule is O=C(COc1cnc(C(F)(F)F)cn1)N1CCC(c2nc(C3=NOC(c4c(Cl)cccc4Cl)C3)cs2)CC1. The van der Waals surface area contributed by atoms with Gasteiger partial charge >= 0.3 is 6.18 Å². The van der Waals surface area contributed by atoms with Crippen molar-refractivity contribution < 1.29 is 27.5 Å². The van der Waals surface area contributed by atoms with Crippen molar-refractivity contribution in [3.05, 3.63) is 68.0 Å². The van der Waals surface area contributed by atoms with Crippen molar-refractivity contribution in [1.29, 1.82) is 0 Å². The summed E-state index contributed by atoms with van der Waals surface area (Å²) in [4.78, 5) is 31.4. The second-order valence-electron chi connectivity index (χ2n) is 8.72. The van der Waals surface area contributed by atoms with E-state index < -0.39 is 11.9 Å². The van der Waals surface area contributed by atoms with Gasteiger partial charge in [-0.1, -0.05) is 34.4 Å². The molecule has 8 nitrogen and oxygen atoms in total. The van der Waals surface area contributed by atoms with Crippen molar-refractivity contribution in [1.82, 2.24) is 19.9 Å². The molecule has 1 fully saturated rings. The number of aromatic nitrogens is 3. The van der Waals surface area contributed by atoms with Crippen molar-refractivity contribution in [2.75, 3.05) is 19.7 Å². The molecule has 1 unspecified atom stereocenters. The predicted molar refractivity (Wildman–Crippen MR) is 135 cm³/mol. The van der Waals surface area contributed by atoms with Crippen LogP contribution in [0.4, 0.5) is 13.2 Å². The third-order valence-corrected chi connectivity index (χ3v) is 7.93. The molecule has 3 aromatic rings. The molecule has 2 aliphatic rings. The van der Waals surface area contributed by atoms with E-state index in [4.69, 9.17) is 37.8 Å². The summed E-state index contributed by atoms with van der Waals surface area (Å²) in [5.41, 5.74) is 1.06. The number of alkyl halides is 3. The first kappa shape index (κ1) is 26.6. The molecule has 0 N–H and O–H groups in total. The van der Waals surface area contributed by atoms with E-state index in [1.54, 1.807) is 34.4 Å². The number of carbonyl (C=O) groups is 1. The fraction of sp³-hybridized carbons (Fsp3) is 0.375. The van der Waals surface area contributed by atoms with Gasteiger partial charge in [0.15, 0.2) is 18.4 Å². The summed E-state index contributed by atoms with van der Waals surface area (Å²) in [7, 11) is 0. The van der Waals surface area contributed by atoms with Crippen molar-refractivity contribution in [3.8, 4) is 5.88 Å². The third kappa shape index (κ3) is 5.87. The van der Waals surface area contributed by atoms with Crippen molar-refractivity contribution in [2.45, 2.75) is 37.5 Å². The first-order valence-electron chi connectivity index (χ1n) is 11.6. The van der Waals surface area contributed by atoms with Crippen LogP contribution in [-0.4, -0.2) is 51.2 Å². The van der Waals surface area contributed by atoms with Gasteiger partial charge in [-0.15, -0.1) is 11.3 Å². The van der Waals surface area contributed by atoms with Crippen LogP contribution in [0.25, 0.3) is 0 Å². The van der Waals surface area contributed by atoms with Crippen LogP contribution in [0, 0.1) is 0 Å². The molecular formula is C24H20Cl2F3N5O3S. The summed E-state index contributed by atoms with van der Waals surface area (Å²) in [6, 6.07) is 5.30. The second kappa shape index (κ2) is 11.0. The monoisotopic (exact) mass is 585 g/mol. The molecule has 2 aliphatic heterocycles. The van der Waals surface area contributed by atoms with E-state index in [2.05, 4.69) is 15.1 Å². The number of hydrogen-bond acceptors (Lipinski definition) is 8. The molecule has 2 aromatic heterocycles. The second-order valence-corrected chi connectivity index (χ2v) is 10.4. The van der Waals surface area contributed by atoms with Crippen LogP contribution >= 0.6 is 34.5 Å². The van der Waals surface area contributed by atoms with Gasteiger partial charge in [-0.2, -0.15) is 13.2 Å². The van der Waals surface area contributed by atoms with Crippen LogP contribution in [-0.2, 0) is 15.8 Å². The summed E-state index contributed by atoms with van der Waals surface area (Å²) in [5, 5.41) is 8.18. The van der Waals surface area contributed by atoms with Crippen molar-refractivity contribution in [2.24, 2.45) is 5.16 Å². The number of thiazole rings is 1. The quantitative estimate of drug-likeness (QED) is 0.357. The lowest BCUT2D eigenvalue weighted by atomic mass is 9.97. The summed E-state index contributed by atoms with van der Waals surface area (Å²) in [5.74, 6) is -0.225. The minimum Gasteiger partial charge on any atom is -0.466 e. The predicted octanol–water partition coefficient (Wildman–Crippen LogP) is 5.91. The third-order valence-electron chi connectivity index (χ3n) is 6.27. The number of carbonyl (C=O) groups excluding carboxylic acids is 1. The maximum Gasteiger partial charge on any atom is 0.434 e. The Morgan fingerprint density at radius 1 is 1.16 bits per heavy atom. The Kier molecular flexibility index (Phi) is 7.73. The normalized spacial score (nSPS) is 18.3. The Hall–Kier alpha value is -2.96. The molecule has 1 atom stereocenters. The number of ether oxygens (including phenoxy) is 1. The molecule has 5 rings (SSSR count). The van der Waals surface area contributed by atoms with Gasteiger partial charge in [0.05, 0.1) is 23.1 Å². The van der Waals surface area contributed by atoms with Crippen LogP contribution < -0.4 is 4.74 Å². The molecule has 0 aliphatic carbocycles. The van der Waals surface area contributed by atoms with Gasteiger partial charge < -0.3 is 14.5 Å². The number of hydrogen-bond donors (Lipinski definition) is 0. The average Bonchev–Trinajstić information content (AvgIpc) is 3.57. The highest BCUT2D eigenvalue weighted by Gasteiger charge is 2.33. The molecule has 38 heavy (non-hydrogen) atoms. The van der Waals surface area contributed by atoms with Crippen LogP contribution in [0.1, 0.15) is 53.2 Å². The molecule has 1 amide bonds. The van der Waals surface area contributed by atoms with E-state index in [9.17, 15) is 18.0 Å². The lowest BCUT2D eigenvalue weighted by Crippen LogP contribution is -2.40. The largest absolute Gasteiger partial charge is 0.466 e. The van der Waals surface area contributed by atoms with Crippen molar-refractivity contribution in [3.63, 3.8) is 0 Å². The van der Waals surface area contributed by atoms with E-state index in [0.717, 1.165) is 35.5 Å². The highest BCUT2D eigenvalue weighted by Crippen LogP contribution is 2.39. The molecule has 0 spiro atoms. The molecule has 0 bridgehead atoms. The summed E-state index contributed by atoms with van der Waals surface area (Å²) in [6.07, 6.45) is -1.59.